The van der Waals surface area contributed by atoms with Gasteiger partial charge in [0.2, 0.25) is 0 Å². The fraction of sp³-hybridized carbons (Fsp3) is 0.316. The second-order valence-electron chi connectivity index (χ2n) is 5.31. The largest absolute Gasteiger partial charge is 0.302 e. The molecule has 0 aliphatic carbocycles. The van der Waals surface area contributed by atoms with Gasteiger partial charge in [-0.25, -0.2) is 0 Å². The van der Waals surface area contributed by atoms with Crippen LogP contribution in [-0.2, 0) is 6.42 Å². The maximum Gasteiger partial charge on any atom is 0.0641 e. The van der Waals surface area contributed by atoms with Gasteiger partial charge >= 0.3 is 0 Å². The molecule has 0 saturated carbocycles. The Balaban J connectivity index is 2.10. The Hall–Kier alpha value is -2.11. The number of hydrogen-bond donors (Lipinski definition) is 1. The van der Waals surface area contributed by atoms with Crippen LogP contribution in [0.2, 0.25) is 0 Å². The van der Waals surface area contributed by atoms with E-state index in [9.17, 15) is 0 Å². The van der Waals surface area contributed by atoms with E-state index in [-0.39, 0.29) is 12.1 Å². The van der Waals surface area contributed by atoms with Crippen molar-refractivity contribution < 1.29 is 0 Å². The molecule has 0 fully saturated rings. The minimum atomic E-state index is 0.0667. The first kappa shape index (κ1) is 15.3. The minimum absolute atomic E-state index is 0.0667. The fourth-order valence-corrected chi connectivity index (χ4v) is 2.49. The first-order valence-electron chi connectivity index (χ1n) is 7.51. The summed E-state index contributed by atoms with van der Waals surface area (Å²) in [6.45, 7) is 4.31. The van der Waals surface area contributed by atoms with Crippen molar-refractivity contribution in [3.05, 3.63) is 71.3 Å². The summed E-state index contributed by atoms with van der Waals surface area (Å²) in [5.74, 6) is 0. The van der Waals surface area contributed by atoms with Crippen molar-refractivity contribution in [3.63, 3.8) is 0 Å². The van der Waals surface area contributed by atoms with Gasteiger partial charge in [0.05, 0.1) is 12.5 Å². The molecule has 0 bridgehead atoms. The summed E-state index contributed by atoms with van der Waals surface area (Å²) >= 11 is 0. The van der Waals surface area contributed by atoms with Crippen molar-refractivity contribution in [1.82, 2.24) is 5.32 Å². The highest BCUT2D eigenvalue weighted by Gasteiger charge is 2.14. The second-order valence-corrected chi connectivity index (χ2v) is 5.31. The van der Waals surface area contributed by atoms with Gasteiger partial charge in [-0.3, -0.25) is 0 Å². The molecule has 0 aliphatic rings. The Labute approximate surface area is 127 Å². The van der Waals surface area contributed by atoms with Gasteiger partial charge in [-0.15, -0.1) is 0 Å². The maximum absolute atomic E-state index is 9.06. The Morgan fingerprint density at radius 2 is 1.67 bits per heavy atom. The van der Waals surface area contributed by atoms with Crippen LogP contribution in [-0.4, -0.2) is 0 Å². The van der Waals surface area contributed by atoms with Crippen LogP contribution in [0.4, 0.5) is 0 Å². The zero-order valence-corrected chi connectivity index (χ0v) is 12.7. The molecule has 0 spiro atoms. The number of nitrogens with zero attached hydrogens (tertiary/aromatic N) is 1. The van der Waals surface area contributed by atoms with Crippen LogP contribution >= 0.6 is 0 Å². The summed E-state index contributed by atoms with van der Waals surface area (Å²) in [6, 6.07) is 21.4. The Bertz CT molecular complexity index is 581. The molecule has 0 aromatic heterocycles. The third-order valence-electron chi connectivity index (χ3n) is 3.84. The van der Waals surface area contributed by atoms with E-state index in [1.165, 1.54) is 11.1 Å². The van der Waals surface area contributed by atoms with E-state index in [1.54, 1.807) is 0 Å². The Kier molecular flexibility index (Phi) is 5.54. The molecule has 2 rings (SSSR count). The third kappa shape index (κ3) is 4.18. The summed E-state index contributed by atoms with van der Waals surface area (Å²) in [6.07, 6.45) is 1.53. The van der Waals surface area contributed by atoms with Crippen LogP contribution in [0.5, 0.6) is 0 Å². The Morgan fingerprint density at radius 1 is 1.00 bits per heavy atom. The summed E-state index contributed by atoms with van der Waals surface area (Å²) < 4.78 is 0. The van der Waals surface area contributed by atoms with Crippen molar-refractivity contribution in [1.29, 1.82) is 5.26 Å². The molecule has 0 heterocycles. The summed E-state index contributed by atoms with van der Waals surface area (Å²) in [4.78, 5) is 0. The van der Waals surface area contributed by atoms with Crippen LogP contribution in [0, 0.1) is 11.3 Å². The number of nitrogens with one attached hydrogen (secondary N) is 1. The van der Waals surface area contributed by atoms with E-state index in [0.29, 0.717) is 6.42 Å². The van der Waals surface area contributed by atoms with Crippen LogP contribution in [0.1, 0.15) is 49.0 Å². The van der Waals surface area contributed by atoms with Gasteiger partial charge in [0.15, 0.2) is 0 Å². The first-order chi connectivity index (χ1) is 10.2. The monoisotopic (exact) mass is 278 g/mol. The lowest BCUT2D eigenvalue weighted by atomic mass is 10.0. The quantitative estimate of drug-likeness (QED) is 0.841. The predicted octanol–water partition coefficient (Wildman–Crippen LogP) is 4.55. The summed E-state index contributed by atoms with van der Waals surface area (Å²) in [5, 5.41) is 12.6. The first-order valence-corrected chi connectivity index (χ1v) is 7.51. The van der Waals surface area contributed by atoms with Crippen molar-refractivity contribution in [2.24, 2.45) is 0 Å². The van der Waals surface area contributed by atoms with E-state index < -0.39 is 0 Å². The topological polar surface area (TPSA) is 35.8 Å². The normalized spacial score (nSPS) is 13.4. The highest BCUT2D eigenvalue weighted by atomic mass is 14.9. The van der Waals surface area contributed by atoms with Crippen LogP contribution in [0.15, 0.2) is 54.6 Å². The van der Waals surface area contributed by atoms with Gasteiger partial charge in [0.1, 0.15) is 0 Å². The van der Waals surface area contributed by atoms with Crippen LogP contribution in [0.3, 0.4) is 0 Å². The third-order valence-corrected chi connectivity index (χ3v) is 3.84. The number of benzene rings is 2. The number of rotatable bonds is 6. The predicted molar refractivity (Wildman–Crippen MR) is 86.8 cm³/mol. The molecule has 0 amide bonds. The molecule has 2 nitrogen and oxygen atoms in total. The molecule has 2 heteroatoms. The lowest BCUT2D eigenvalue weighted by Crippen LogP contribution is -2.24. The van der Waals surface area contributed by atoms with Crippen LogP contribution < -0.4 is 5.32 Å². The average molecular weight is 278 g/mol. The van der Waals surface area contributed by atoms with Gasteiger partial charge in [0.25, 0.3) is 0 Å². The smallest absolute Gasteiger partial charge is 0.0641 e. The highest BCUT2D eigenvalue weighted by Crippen LogP contribution is 2.22. The molecular formula is C19H22N2. The lowest BCUT2D eigenvalue weighted by molar-refractivity contribution is 0.472. The molecule has 0 radical (unpaired) electrons. The molecule has 21 heavy (non-hydrogen) atoms. The van der Waals surface area contributed by atoms with Crippen molar-refractivity contribution >= 4 is 0 Å². The van der Waals surface area contributed by atoms with Crippen molar-refractivity contribution in [3.8, 4) is 6.07 Å². The summed E-state index contributed by atoms with van der Waals surface area (Å²) in [7, 11) is 0. The average Bonchev–Trinajstić information content (AvgIpc) is 2.55. The summed E-state index contributed by atoms with van der Waals surface area (Å²) in [5.41, 5.74) is 3.77. The van der Waals surface area contributed by atoms with Crippen LogP contribution in [0.25, 0.3) is 0 Å². The molecule has 0 aliphatic heterocycles. The fourth-order valence-electron chi connectivity index (χ4n) is 2.49. The van der Waals surface area contributed by atoms with Gasteiger partial charge in [-0.2, -0.15) is 5.26 Å². The van der Waals surface area contributed by atoms with Gasteiger partial charge < -0.3 is 5.32 Å². The minimum Gasteiger partial charge on any atom is -0.302 e. The van der Waals surface area contributed by atoms with Crippen molar-refractivity contribution in [2.45, 2.75) is 38.8 Å². The van der Waals surface area contributed by atoms with Crippen molar-refractivity contribution in [2.75, 3.05) is 0 Å². The lowest BCUT2D eigenvalue weighted by Gasteiger charge is -2.22. The number of nitriles is 1. The van der Waals surface area contributed by atoms with E-state index in [4.69, 9.17) is 5.26 Å². The van der Waals surface area contributed by atoms with E-state index in [1.807, 2.05) is 18.2 Å². The van der Waals surface area contributed by atoms with E-state index in [2.05, 4.69) is 61.6 Å². The number of hydrogen-bond acceptors (Lipinski definition) is 2. The molecular weight excluding hydrogens is 256 g/mol. The Morgan fingerprint density at radius 3 is 2.24 bits per heavy atom. The van der Waals surface area contributed by atoms with E-state index >= 15 is 0 Å². The molecule has 108 valence electrons. The zero-order valence-electron chi connectivity index (χ0n) is 12.7. The van der Waals surface area contributed by atoms with Gasteiger partial charge in [0, 0.05) is 12.1 Å². The zero-order chi connectivity index (χ0) is 15.1. The molecule has 2 aromatic carbocycles. The SMILES string of the molecule is CCc1ccc(C(C)NC(CC#N)c2ccccc2)cc1. The van der Waals surface area contributed by atoms with E-state index in [0.717, 1.165) is 12.0 Å². The maximum atomic E-state index is 9.06. The second kappa shape index (κ2) is 7.61. The molecule has 0 saturated heterocycles. The van der Waals surface area contributed by atoms with Gasteiger partial charge in [-0.1, -0.05) is 61.5 Å². The molecule has 2 aromatic rings. The molecule has 2 unspecified atom stereocenters. The molecule has 2 atom stereocenters. The van der Waals surface area contributed by atoms with Gasteiger partial charge in [-0.05, 0) is 30.0 Å². The highest BCUT2D eigenvalue weighted by molar-refractivity contribution is 5.26. The number of aryl methyl sites for hydroxylation is 1. The standard InChI is InChI=1S/C19H22N2/c1-3-16-9-11-17(12-10-16)15(2)21-19(13-14-20)18-7-5-4-6-8-18/h4-12,15,19,21H,3,13H2,1-2H3. The molecule has 1 N–H and O–H groups in total.